The number of rotatable bonds is 4. The first-order chi connectivity index (χ1) is 12.7. The molecule has 3 heterocycles. The van der Waals surface area contributed by atoms with E-state index in [4.69, 9.17) is 9.26 Å². The average molecular weight is 348 g/mol. The molecule has 1 aromatic carbocycles. The second-order valence-corrected chi connectivity index (χ2v) is 6.25. The number of ether oxygens (including phenoxy) is 1. The van der Waals surface area contributed by atoms with Gasteiger partial charge in [0.2, 0.25) is 0 Å². The largest absolute Gasteiger partial charge is 0.496 e. The van der Waals surface area contributed by atoms with Gasteiger partial charge in [0.25, 0.3) is 0 Å². The molecular formula is C20H20N4O2. The van der Waals surface area contributed by atoms with Gasteiger partial charge in [-0.15, -0.1) is 0 Å². The van der Waals surface area contributed by atoms with Crippen LogP contribution in [0.15, 0.2) is 46.0 Å². The molecule has 0 N–H and O–H groups in total. The molecule has 3 aromatic rings. The Labute approximate surface area is 152 Å². The van der Waals surface area contributed by atoms with Crippen LogP contribution in [0.2, 0.25) is 0 Å². The minimum atomic E-state index is 0.716. The molecule has 0 saturated heterocycles. The molecule has 0 fully saturated rings. The van der Waals surface area contributed by atoms with Gasteiger partial charge in [0.1, 0.15) is 11.5 Å². The zero-order chi connectivity index (χ0) is 18.1. The summed E-state index contributed by atoms with van der Waals surface area (Å²) in [6.07, 6.45) is 3.74. The number of pyridine rings is 1. The lowest BCUT2D eigenvalue weighted by atomic mass is 10.0. The molecule has 0 bridgehead atoms. The van der Waals surface area contributed by atoms with Gasteiger partial charge in [0, 0.05) is 24.0 Å². The predicted molar refractivity (Wildman–Crippen MR) is 101 cm³/mol. The van der Waals surface area contributed by atoms with Crippen molar-refractivity contribution in [3.63, 3.8) is 0 Å². The summed E-state index contributed by atoms with van der Waals surface area (Å²) >= 11 is 0. The van der Waals surface area contributed by atoms with Crippen molar-refractivity contribution >= 4 is 17.6 Å². The van der Waals surface area contributed by atoms with Crippen molar-refractivity contribution in [1.82, 2.24) is 10.1 Å². The summed E-state index contributed by atoms with van der Waals surface area (Å²) < 4.78 is 11.0. The van der Waals surface area contributed by atoms with E-state index in [9.17, 15) is 0 Å². The van der Waals surface area contributed by atoms with E-state index < -0.39 is 0 Å². The number of hydrogen-bond donors (Lipinski definition) is 0. The van der Waals surface area contributed by atoms with E-state index in [0.717, 1.165) is 51.9 Å². The third-order valence-corrected chi connectivity index (χ3v) is 4.55. The Hall–Kier alpha value is -3.15. The quantitative estimate of drug-likeness (QED) is 0.711. The molecule has 132 valence electrons. The smallest absolute Gasteiger partial charge is 0.141 e. The van der Waals surface area contributed by atoms with Gasteiger partial charge in [0.05, 0.1) is 48.5 Å². The number of aromatic nitrogens is 2. The van der Waals surface area contributed by atoms with Crippen molar-refractivity contribution < 1.29 is 9.26 Å². The number of benzene rings is 1. The Morgan fingerprint density at radius 3 is 2.81 bits per heavy atom. The highest BCUT2D eigenvalue weighted by Crippen LogP contribution is 2.43. The SMILES string of the molecule is COc1cc2c(cc1-c1c(C)noc1C)N=CCN2Cc1ccccn1. The molecule has 0 aliphatic carbocycles. The number of anilines is 1. The maximum absolute atomic E-state index is 5.68. The summed E-state index contributed by atoms with van der Waals surface area (Å²) in [5.41, 5.74) is 5.70. The van der Waals surface area contributed by atoms with Gasteiger partial charge in [-0.25, -0.2) is 0 Å². The van der Waals surface area contributed by atoms with Crippen LogP contribution in [0.4, 0.5) is 11.4 Å². The topological polar surface area (TPSA) is 63.8 Å². The number of methoxy groups -OCH3 is 1. The lowest BCUT2D eigenvalue weighted by Gasteiger charge is -2.28. The van der Waals surface area contributed by atoms with E-state index in [1.54, 1.807) is 7.11 Å². The third kappa shape index (κ3) is 2.83. The molecule has 0 atom stereocenters. The summed E-state index contributed by atoms with van der Waals surface area (Å²) in [4.78, 5) is 11.3. The molecule has 0 unspecified atom stereocenters. The molecule has 4 rings (SSSR count). The molecule has 26 heavy (non-hydrogen) atoms. The van der Waals surface area contributed by atoms with Crippen LogP contribution in [0.1, 0.15) is 17.1 Å². The van der Waals surface area contributed by atoms with Crippen molar-refractivity contribution in [2.24, 2.45) is 4.99 Å². The van der Waals surface area contributed by atoms with E-state index in [0.29, 0.717) is 6.54 Å². The predicted octanol–water partition coefficient (Wildman–Crippen LogP) is 4.08. The average Bonchev–Trinajstić information content (AvgIpc) is 3.00. The molecule has 0 spiro atoms. The Bertz CT molecular complexity index is 944. The fraction of sp³-hybridized carbons (Fsp3) is 0.250. The number of fused-ring (bicyclic) bond motifs is 1. The Kier molecular flexibility index (Phi) is 4.16. The van der Waals surface area contributed by atoms with E-state index in [2.05, 4.69) is 20.0 Å². The molecule has 0 radical (unpaired) electrons. The van der Waals surface area contributed by atoms with Crippen molar-refractivity contribution in [1.29, 1.82) is 0 Å². The molecule has 6 heteroatoms. The zero-order valence-electron chi connectivity index (χ0n) is 15.1. The summed E-state index contributed by atoms with van der Waals surface area (Å²) in [6, 6.07) is 10.0. The van der Waals surface area contributed by atoms with Crippen LogP contribution >= 0.6 is 0 Å². The molecule has 6 nitrogen and oxygen atoms in total. The molecule has 1 aliphatic rings. The van der Waals surface area contributed by atoms with Gasteiger partial charge in [0.15, 0.2) is 0 Å². The maximum atomic E-state index is 5.68. The number of aryl methyl sites for hydroxylation is 2. The first-order valence-corrected chi connectivity index (χ1v) is 8.50. The van der Waals surface area contributed by atoms with Gasteiger partial charge in [-0.2, -0.15) is 0 Å². The van der Waals surface area contributed by atoms with Gasteiger partial charge in [-0.05, 0) is 32.0 Å². The van der Waals surface area contributed by atoms with Crippen molar-refractivity contribution in [3.8, 4) is 16.9 Å². The van der Waals surface area contributed by atoms with Gasteiger partial charge in [-0.1, -0.05) is 11.2 Å². The van der Waals surface area contributed by atoms with Crippen molar-refractivity contribution in [2.45, 2.75) is 20.4 Å². The van der Waals surface area contributed by atoms with E-state index in [1.165, 1.54) is 0 Å². The Morgan fingerprint density at radius 2 is 2.12 bits per heavy atom. The van der Waals surface area contributed by atoms with E-state index in [1.807, 2.05) is 56.6 Å². The van der Waals surface area contributed by atoms with Crippen LogP contribution in [0.25, 0.3) is 11.1 Å². The second kappa shape index (κ2) is 6.63. The summed E-state index contributed by atoms with van der Waals surface area (Å²) in [6.45, 7) is 5.29. The lowest BCUT2D eigenvalue weighted by molar-refractivity contribution is 0.393. The Morgan fingerprint density at radius 1 is 1.23 bits per heavy atom. The van der Waals surface area contributed by atoms with Crippen LogP contribution in [0, 0.1) is 13.8 Å². The maximum Gasteiger partial charge on any atom is 0.141 e. The zero-order valence-corrected chi connectivity index (χ0v) is 15.1. The number of hydrogen-bond acceptors (Lipinski definition) is 6. The normalized spacial score (nSPS) is 13.0. The molecule has 0 amide bonds. The minimum absolute atomic E-state index is 0.716. The first-order valence-electron chi connectivity index (χ1n) is 8.50. The number of aliphatic imine (C=N–C) groups is 1. The van der Waals surface area contributed by atoms with Crippen LogP contribution in [0.3, 0.4) is 0 Å². The van der Waals surface area contributed by atoms with Crippen LogP contribution in [0.5, 0.6) is 5.75 Å². The highest BCUT2D eigenvalue weighted by atomic mass is 16.5. The van der Waals surface area contributed by atoms with Crippen LogP contribution in [-0.2, 0) is 6.54 Å². The summed E-state index contributed by atoms with van der Waals surface area (Å²) in [5.74, 6) is 1.55. The monoisotopic (exact) mass is 348 g/mol. The number of nitrogens with zero attached hydrogens (tertiary/aromatic N) is 4. The molecule has 0 saturated carbocycles. The van der Waals surface area contributed by atoms with E-state index in [-0.39, 0.29) is 0 Å². The third-order valence-electron chi connectivity index (χ3n) is 4.55. The van der Waals surface area contributed by atoms with E-state index >= 15 is 0 Å². The fourth-order valence-corrected chi connectivity index (χ4v) is 3.32. The highest BCUT2D eigenvalue weighted by molar-refractivity contribution is 5.88. The van der Waals surface area contributed by atoms with Crippen molar-refractivity contribution in [2.75, 3.05) is 18.6 Å². The van der Waals surface area contributed by atoms with Gasteiger partial charge in [-0.3, -0.25) is 9.98 Å². The second-order valence-electron chi connectivity index (χ2n) is 6.25. The molecule has 1 aliphatic heterocycles. The first kappa shape index (κ1) is 16.3. The fourth-order valence-electron chi connectivity index (χ4n) is 3.32. The van der Waals surface area contributed by atoms with Gasteiger partial charge < -0.3 is 14.2 Å². The van der Waals surface area contributed by atoms with Crippen LogP contribution < -0.4 is 9.64 Å². The van der Waals surface area contributed by atoms with Crippen LogP contribution in [-0.4, -0.2) is 30.0 Å². The van der Waals surface area contributed by atoms with Gasteiger partial charge >= 0.3 is 0 Å². The standard InChI is InChI=1S/C20H20N4O2/c1-13-20(14(2)26-23-13)16-10-17-18(11-19(16)25-3)24(9-8-22-17)12-15-6-4-5-7-21-15/h4-8,10-11H,9,12H2,1-3H3. The highest BCUT2D eigenvalue weighted by Gasteiger charge is 2.22. The van der Waals surface area contributed by atoms with Crippen molar-refractivity contribution in [3.05, 3.63) is 53.7 Å². The minimum Gasteiger partial charge on any atom is -0.496 e. The lowest BCUT2D eigenvalue weighted by Crippen LogP contribution is -2.27. The summed E-state index contributed by atoms with van der Waals surface area (Å²) in [5, 5.41) is 4.06. The molecule has 2 aromatic heterocycles. The molecular weight excluding hydrogens is 328 g/mol. The Balaban J connectivity index is 1.78. The summed E-state index contributed by atoms with van der Waals surface area (Å²) in [7, 11) is 1.68.